The Kier molecular flexibility index (Phi) is 13.4. The van der Waals surface area contributed by atoms with Crippen LogP contribution in [-0.2, 0) is 0 Å². The van der Waals surface area contributed by atoms with E-state index in [2.05, 4.69) is 27.7 Å². The predicted octanol–water partition coefficient (Wildman–Crippen LogP) is 6.98. The third kappa shape index (κ3) is 9.97. The molecule has 0 N–H and O–H groups in total. The molecule has 0 bridgehead atoms. The maximum Gasteiger partial charge on any atom is -0.0417 e. The first-order valence-corrected chi connectivity index (χ1v) is 8.78. The van der Waals surface area contributed by atoms with E-state index >= 15 is 0 Å². The summed E-state index contributed by atoms with van der Waals surface area (Å²) in [6, 6.07) is 0. The van der Waals surface area contributed by atoms with Gasteiger partial charge in [-0.25, -0.2) is 0 Å². The molecule has 1 fully saturated rings. The zero-order valence-electron chi connectivity index (χ0n) is 13.6. The van der Waals surface area contributed by atoms with E-state index in [0.717, 1.165) is 11.8 Å². The molecule has 1 saturated carbocycles. The lowest BCUT2D eigenvalue weighted by molar-refractivity contribution is 0.264. The van der Waals surface area contributed by atoms with Crippen LogP contribution in [0.3, 0.4) is 0 Å². The normalized spacial score (nSPS) is 23.3. The molecule has 0 nitrogen and oxygen atoms in total. The topological polar surface area (TPSA) is 0 Å². The fourth-order valence-corrected chi connectivity index (χ4v) is 2.90. The van der Waals surface area contributed by atoms with Crippen LogP contribution in [0.1, 0.15) is 105 Å². The lowest BCUT2D eigenvalue weighted by atomic mass is 9.80. The van der Waals surface area contributed by atoms with Crippen LogP contribution < -0.4 is 0 Å². The molecule has 0 aromatic heterocycles. The Balaban J connectivity index is 0.000000331. The van der Waals surface area contributed by atoms with Crippen molar-refractivity contribution >= 4 is 0 Å². The van der Waals surface area contributed by atoms with Gasteiger partial charge in [0.1, 0.15) is 0 Å². The van der Waals surface area contributed by atoms with Gasteiger partial charge in [0.25, 0.3) is 0 Å². The summed E-state index contributed by atoms with van der Waals surface area (Å²) in [5.41, 5.74) is 0. The van der Waals surface area contributed by atoms with Gasteiger partial charge in [0.05, 0.1) is 0 Å². The van der Waals surface area contributed by atoms with E-state index in [4.69, 9.17) is 0 Å². The SMILES string of the molecule is CCC1CCC(CC)CC1.CCCCCCCC. The van der Waals surface area contributed by atoms with Crippen molar-refractivity contribution in [2.45, 2.75) is 105 Å². The Bertz CT molecular complexity index is 124. The van der Waals surface area contributed by atoms with Crippen molar-refractivity contribution in [3.05, 3.63) is 0 Å². The van der Waals surface area contributed by atoms with Crippen molar-refractivity contribution in [1.29, 1.82) is 0 Å². The minimum Gasteiger partial charge on any atom is -0.0654 e. The average Bonchev–Trinajstić information content (AvgIpc) is 2.44. The van der Waals surface area contributed by atoms with E-state index in [9.17, 15) is 0 Å². The van der Waals surface area contributed by atoms with Crippen molar-refractivity contribution in [2.75, 3.05) is 0 Å². The molecular weight excluding hydrogens is 216 g/mol. The minimum absolute atomic E-state index is 1.07. The highest BCUT2D eigenvalue weighted by molar-refractivity contribution is 4.70. The second-order valence-electron chi connectivity index (χ2n) is 6.12. The second-order valence-corrected chi connectivity index (χ2v) is 6.12. The fraction of sp³-hybridized carbons (Fsp3) is 1.00. The van der Waals surface area contributed by atoms with Gasteiger partial charge in [-0.15, -0.1) is 0 Å². The molecule has 0 aliphatic heterocycles. The molecule has 0 heteroatoms. The molecule has 0 atom stereocenters. The molecule has 1 rings (SSSR count). The molecule has 0 heterocycles. The molecule has 0 unspecified atom stereocenters. The Labute approximate surface area is 117 Å². The maximum atomic E-state index is 2.33. The summed E-state index contributed by atoms with van der Waals surface area (Å²) in [5.74, 6) is 2.14. The van der Waals surface area contributed by atoms with Crippen LogP contribution in [0.4, 0.5) is 0 Å². The standard InChI is InChI=1S/C10H20.C8H18/c1-3-9-5-7-10(4-2)8-6-9;1-3-5-7-8-6-4-2/h9-10H,3-8H2,1-2H3;3-8H2,1-2H3. The third-order valence-corrected chi connectivity index (χ3v) is 4.58. The van der Waals surface area contributed by atoms with Crippen LogP contribution in [0.5, 0.6) is 0 Å². The van der Waals surface area contributed by atoms with E-state index in [0.29, 0.717) is 0 Å². The van der Waals surface area contributed by atoms with Crippen molar-refractivity contribution in [3.8, 4) is 0 Å². The van der Waals surface area contributed by atoms with Gasteiger partial charge in [-0.1, -0.05) is 105 Å². The molecule has 0 saturated heterocycles. The van der Waals surface area contributed by atoms with Gasteiger partial charge in [-0.05, 0) is 11.8 Å². The average molecular weight is 255 g/mol. The highest BCUT2D eigenvalue weighted by Crippen LogP contribution is 2.31. The van der Waals surface area contributed by atoms with Gasteiger partial charge >= 0.3 is 0 Å². The molecule has 0 amide bonds. The van der Waals surface area contributed by atoms with Gasteiger partial charge in [-0.2, -0.15) is 0 Å². The van der Waals surface area contributed by atoms with E-state index in [1.54, 1.807) is 0 Å². The number of rotatable bonds is 7. The quantitative estimate of drug-likeness (QED) is 0.430. The van der Waals surface area contributed by atoms with Crippen LogP contribution in [0.15, 0.2) is 0 Å². The lowest BCUT2D eigenvalue weighted by Gasteiger charge is -2.26. The second kappa shape index (κ2) is 13.4. The summed E-state index contributed by atoms with van der Waals surface area (Å²) >= 11 is 0. The van der Waals surface area contributed by atoms with Crippen LogP contribution in [0.2, 0.25) is 0 Å². The van der Waals surface area contributed by atoms with Crippen LogP contribution >= 0.6 is 0 Å². The first kappa shape index (κ1) is 18.0. The molecule has 1 aliphatic carbocycles. The Morgan fingerprint density at radius 3 is 1.11 bits per heavy atom. The predicted molar refractivity (Wildman–Crippen MR) is 85.1 cm³/mol. The minimum atomic E-state index is 1.07. The highest BCUT2D eigenvalue weighted by Gasteiger charge is 2.17. The summed E-state index contributed by atoms with van der Waals surface area (Å²) < 4.78 is 0. The Hall–Kier alpha value is 0. The molecular formula is C18H38. The summed E-state index contributed by atoms with van der Waals surface area (Å²) in [4.78, 5) is 0. The monoisotopic (exact) mass is 254 g/mol. The summed E-state index contributed by atoms with van der Waals surface area (Å²) in [7, 11) is 0. The van der Waals surface area contributed by atoms with Gasteiger partial charge < -0.3 is 0 Å². The van der Waals surface area contributed by atoms with Crippen LogP contribution in [0.25, 0.3) is 0 Å². The number of unbranched alkanes of at least 4 members (excludes halogenated alkanes) is 5. The van der Waals surface area contributed by atoms with E-state index in [1.807, 2.05) is 0 Å². The Morgan fingerprint density at radius 1 is 0.556 bits per heavy atom. The first-order valence-electron chi connectivity index (χ1n) is 8.78. The zero-order valence-corrected chi connectivity index (χ0v) is 13.6. The van der Waals surface area contributed by atoms with Gasteiger partial charge in [-0.3, -0.25) is 0 Å². The molecule has 18 heavy (non-hydrogen) atoms. The van der Waals surface area contributed by atoms with Gasteiger partial charge in [0, 0.05) is 0 Å². The van der Waals surface area contributed by atoms with Gasteiger partial charge in [0.2, 0.25) is 0 Å². The van der Waals surface area contributed by atoms with E-state index in [-0.39, 0.29) is 0 Å². The van der Waals surface area contributed by atoms with Crippen LogP contribution in [0, 0.1) is 11.8 Å². The molecule has 0 aromatic rings. The maximum absolute atomic E-state index is 2.33. The lowest BCUT2D eigenvalue weighted by Crippen LogP contribution is -2.12. The largest absolute Gasteiger partial charge is 0.0654 e. The van der Waals surface area contributed by atoms with Crippen molar-refractivity contribution in [2.24, 2.45) is 11.8 Å². The first-order chi connectivity index (χ1) is 8.78. The fourth-order valence-electron chi connectivity index (χ4n) is 2.90. The van der Waals surface area contributed by atoms with Crippen molar-refractivity contribution < 1.29 is 0 Å². The van der Waals surface area contributed by atoms with Crippen molar-refractivity contribution in [1.82, 2.24) is 0 Å². The van der Waals surface area contributed by atoms with Crippen LogP contribution in [-0.4, -0.2) is 0 Å². The molecule has 0 radical (unpaired) electrons. The third-order valence-electron chi connectivity index (χ3n) is 4.58. The summed E-state index contributed by atoms with van der Waals surface area (Å²) in [5, 5.41) is 0. The van der Waals surface area contributed by atoms with E-state index < -0.39 is 0 Å². The molecule has 110 valence electrons. The smallest absolute Gasteiger partial charge is 0.0417 e. The highest BCUT2D eigenvalue weighted by atomic mass is 14.2. The number of hydrogen-bond donors (Lipinski definition) is 0. The molecule has 0 spiro atoms. The Morgan fingerprint density at radius 2 is 0.889 bits per heavy atom. The molecule has 0 aromatic carbocycles. The van der Waals surface area contributed by atoms with Crippen molar-refractivity contribution in [3.63, 3.8) is 0 Å². The zero-order chi connectivity index (χ0) is 13.6. The van der Waals surface area contributed by atoms with Gasteiger partial charge in [0.15, 0.2) is 0 Å². The number of hydrogen-bond acceptors (Lipinski definition) is 0. The summed E-state index contributed by atoms with van der Waals surface area (Å²) in [6.07, 6.45) is 17.4. The summed E-state index contributed by atoms with van der Waals surface area (Å²) in [6.45, 7) is 9.17. The van der Waals surface area contributed by atoms with E-state index in [1.165, 1.54) is 77.0 Å². The molecule has 1 aliphatic rings.